The van der Waals surface area contributed by atoms with Crippen LogP contribution >= 0.6 is 0 Å². The number of ketones is 1. The first-order chi connectivity index (χ1) is 7.08. The van der Waals surface area contributed by atoms with E-state index in [1.807, 2.05) is 6.92 Å². The molecule has 0 saturated heterocycles. The normalized spacial score (nSPS) is 12.4. The van der Waals surface area contributed by atoms with Crippen LogP contribution in [0.15, 0.2) is 24.3 Å². The first-order valence-electron chi connectivity index (χ1n) is 5.13. The molecule has 1 aromatic rings. The second kappa shape index (κ2) is 5.51. The Labute approximate surface area is 89.9 Å². The van der Waals surface area contributed by atoms with Gasteiger partial charge >= 0.3 is 0 Å². The molecule has 0 fully saturated rings. The number of nitrogens with two attached hydrogens (primary N) is 1. The monoisotopic (exact) mass is 207 g/mol. The van der Waals surface area contributed by atoms with Gasteiger partial charge in [0.1, 0.15) is 11.5 Å². The van der Waals surface area contributed by atoms with Gasteiger partial charge in [0, 0.05) is 18.9 Å². The van der Waals surface area contributed by atoms with Gasteiger partial charge in [0.25, 0.3) is 0 Å². The lowest BCUT2D eigenvalue weighted by molar-refractivity contribution is -0.118. The molecule has 1 aromatic carbocycles. The summed E-state index contributed by atoms with van der Waals surface area (Å²) >= 11 is 0. The lowest BCUT2D eigenvalue weighted by atomic mass is 10.0. The number of aromatic hydroxyl groups is 1. The van der Waals surface area contributed by atoms with Crippen molar-refractivity contribution in [3.05, 3.63) is 29.8 Å². The Morgan fingerprint density at radius 1 is 1.40 bits per heavy atom. The Morgan fingerprint density at radius 3 is 2.53 bits per heavy atom. The van der Waals surface area contributed by atoms with Crippen molar-refractivity contribution >= 4 is 5.78 Å². The Kier molecular flexibility index (Phi) is 4.31. The molecule has 0 saturated carbocycles. The molecule has 0 aliphatic rings. The Bertz CT molecular complexity index is 317. The van der Waals surface area contributed by atoms with Gasteiger partial charge in [-0.2, -0.15) is 0 Å². The fraction of sp³-hybridized carbons (Fsp3) is 0.417. The van der Waals surface area contributed by atoms with Crippen molar-refractivity contribution in [2.75, 3.05) is 0 Å². The third-order valence-electron chi connectivity index (χ3n) is 2.22. The standard InChI is InChI=1S/C12H17NO2/c1-9(13)2-5-12(15)8-10-3-6-11(14)7-4-10/h3-4,6-7,9,14H,2,5,8,13H2,1H3. The van der Waals surface area contributed by atoms with E-state index in [9.17, 15) is 4.79 Å². The number of phenols is 1. The average molecular weight is 207 g/mol. The van der Waals surface area contributed by atoms with Crippen LogP contribution < -0.4 is 5.73 Å². The SMILES string of the molecule is CC(N)CCC(=O)Cc1ccc(O)cc1. The highest BCUT2D eigenvalue weighted by Gasteiger charge is 2.05. The summed E-state index contributed by atoms with van der Waals surface area (Å²) in [4.78, 5) is 11.5. The van der Waals surface area contributed by atoms with Crippen molar-refractivity contribution in [3.8, 4) is 5.75 Å². The molecule has 1 rings (SSSR count). The third-order valence-corrected chi connectivity index (χ3v) is 2.22. The maximum absolute atomic E-state index is 11.5. The van der Waals surface area contributed by atoms with Crippen LogP contribution in [-0.4, -0.2) is 16.9 Å². The zero-order valence-electron chi connectivity index (χ0n) is 8.94. The number of Topliss-reactive ketones (excluding diaryl/α,β-unsaturated/α-hetero) is 1. The largest absolute Gasteiger partial charge is 0.508 e. The summed E-state index contributed by atoms with van der Waals surface area (Å²) in [6, 6.07) is 6.79. The minimum absolute atomic E-state index is 0.0776. The first-order valence-corrected chi connectivity index (χ1v) is 5.13. The lowest BCUT2D eigenvalue weighted by Crippen LogP contribution is -2.16. The fourth-order valence-electron chi connectivity index (χ4n) is 1.32. The second-order valence-corrected chi connectivity index (χ2v) is 3.90. The molecule has 0 spiro atoms. The number of phenolic OH excluding ortho intramolecular Hbond substituents is 1. The summed E-state index contributed by atoms with van der Waals surface area (Å²) in [7, 11) is 0. The van der Waals surface area contributed by atoms with Crippen LogP contribution in [0.1, 0.15) is 25.3 Å². The molecule has 0 aromatic heterocycles. The van der Waals surface area contributed by atoms with Crippen molar-refractivity contribution in [1.82, 2.24) is 0 Å². The summed E-state index contributed by atoms with van der Waals surface area (Å²) in [5, 5.41) is 9.07. The highest BCUT2D eigenvalue weighted by molar-refractivity contribution is 5.80. The molecule has 0 aliphatic carbocycles. The van der Waals surface area contributed by atoms with Gasteiger partial charge in [-0.05, 0) is 31.0 Å². The number of carbonyl (C=O) groups excluding carboxylic acids is 1. The number of benzene rings is 1. The summed E-state index contributed by atoms with van der Waals surface area (Å²) in [5.41, 5.74) is 6.50. The Balaban J connectivity index is 2.41. The van der Waals surface area contributed by atoms with Crippen LogP contribution in [0.4, 0.5) is 0 Å². The minimum Gasteiger partial charge on any atom is -0.508 e. The number of rotatable bonds is 5. The van der Waals surface area contributed by atoms with Crippen molar-refractivity contribution in [3.63, 3.8) is 0 Å². The topological polar surface area (TPSA) is 63.3 Å². The predicted molar refractivity (Wildman–Crippen MR) is 59.7 cm³/mol. The Hall–Kier alpha value is -1.35. The lowest BCUT2D eigenvalue weighted by Gasteiger charge is -2.04. The van der Waals surface area contributed by atoms with E-state index in [1.165, 1.54) is 0 Å². The third kappa shape index (κ3) is 4.61. The zero-order valence-corrected chi connectivity index (χ0v) is 8.94. The highest BCUT2D eigenvalue weighted by atomic mass is 16.3. The van der Waals surface area contributed by atoms with Crippen LogP contribution in [0.2, 0.25) is 0 Å². The Morgan fingerprint density at radius 2 is 2.00 bits per heavy atom. The molecule has 1 unspecified atom stereocenters. The van der Waals surface area contributed by atoms with E-state index in [-0.39, 0.29) is 17.6 Å². The molecule has 15 heavy (non-hydrogen) atoms. The summed E-state index contributed by atoms with van der Waals surface area (Å²) in [5.74, 6) is 0.416. The molecule has 3 nitrogen and oxygen atoms in total. The molecule has 0 amide bonds. The minimum atomic E-state index is 0.0776. The van der Waals surface area contributed by atoms with Gasteiger partial charge in [-0.15, -0.1) is 0 Å². The van der Waals surface area contributed by atoms with Gasteiger partial charge in [0.05, 0.1) is 0 Å². The van der Waals surface area contributed by atoms with Crippen molar-refractivity contribution < 1.29 is 9.90 Å². The molecule has 0 aliphatic heterocycles. The van der Waals surface area contributed by atoms with Gasteiger partial charge in [-0.3, -0.25) is 4.79 Å². The highest BCUT2D eigenvalue weighted by Crippen LogP contribution is 2.11. The van der Waals surface area contributed by atoms with E-state index in [4.69, 9.17) is 10.8 Å². The molecule has 0 bridgehead atoms. The van der Waals surface area contributed by atoms with Crippen LogP contribution in [-0.2, 0) is 11.2 Å². The fourth-order valence-corrected chi connectivity index (χ4v) is 1.32. The molecular formula is C12H17NO2. The van der Waals surface area contributed by atoms with E-state index in [0.29, 0.717) is 12.8 Å². The summed E-state index contributed by atoms with van der Waals surface area (Å²) in [6.45, 7) is 1.90. The van der Waals surface area contributed by atoms with E-state index < -0.39 is 0 Å². The molecule has 1 atom stereocenters. The van der Waals surface area contributed by atoms with Crippen LogP contribution in [0.5, 0.6) is 5.75 Å². The molecule has 3 N–H and O–H groups in total. The maximum atomic E-state index is 11.5. The van der Waals surface area contributed by atoms with E-state index in [1.54, 1.807) is 24.3 Å². The van der Waals surface area contributed by atoms with Crippen molar-refractivity contribution in [2.45, 2.75) is 32.2 Å². The molecular weight excluding hydrogens is 190 g/mol. The summed E-state index contributed by atoms with van der Waals surface area (Å²) < 4.78 is 0. The second-order valence-electron chi connectivity index (χ2n) is 3.90. The zero-order chi connectivity index (χ0) is 11.3. The number of hydrogen-bond donors (Lipinski definition) is 2. The predicted octanol–water partition coefficient (Wildman–Crippen LogP) is 1.63. The van der Waals surface area contributed by atoms with Crippen LogP contribution in [0.25, 0.3) is 0 Å². The van der Waals surface area contributed by atoms with Gasteiger partial charge < -0.3 is 10.8 Å². The van der Waals surface area contributed by atoms with Gasteiger partial charge in [0.2, 0.25) is 0 Å². The van der Waals surface area contributed by atoms with Gasteiger partial charge in [-0.25, -0.2) is 0 Å². The van der Waals surface area contributed by atoms with E-state index in [0.717, 1.165) is 12.0 Å². The summed E-state index contributed by atoms with van der Waals surface area (Å²) in [6.07, 6.45) is 1.68. The molecule has 82 valence electrons. The maximum Gasteiger partial charge on any atom is 0.137 e. The van der Waals surface area contributed by atoms with Crippen LogP contribution in [0.3, 0.4) is 0 Å². The van der Waals surface area contributed by atoms with Crippen LogP contribution in [0, 0.1) is 0 Å². The van der Waals surface area contributed by atoms with E-state index >= 15 is 0 Å². The molecule has 0 heterocycles. The first kappa shape index (κ1) is 11.7. The van der Waals surface area contributed by atoms with Gasteiger partial charge in [-0.1, -0.05) is 12.1 Å². The smallest absolute Gasteiger partial charge is 0.137 e. The van der Waals surface area contributed by atoms with Crippen molar-refractivity contribution in [1.29, 1.82) is 0 Å². The number of hydrogen-bond acceptors (Lipinski definition) is 3. The van der Waals surface area contributed by atoms with Crippen molar-refractivity contribution in [2.24, 2.45) is 5.73 Å². The van der Waals surface area contributed by atoms with E-state index in [2.05, 4.69) is 0 Å². The average Bonchev–Trinajstić information content (AvgIpc) is 2.19. The van der Waals surface area contributed by atoms with Gasteiger partial charge in [0.15, 0.2) is 0 Å². The quantitative estimate of drug-likeness (QED) is 0.771. The molecule has 3 heteroatoms. The molecule has 0 radical (unpaired) electrons. The number of carbonyl (C=O) groups is 1.